The zero-order valence-electron chi connectivity index (χ0n) is 16.7. The molecule has 0 amide bonds. The van der Waals surface area contributed by atoms with Gasteiger partial charge in [-0.05, 0) is 13.3 Å². The highest BCUT2D eigenvalue weighted by atomic mass is 32.3. The molecule has 0 aromatic heterocycles. The first kappa shape index (κ1) is 30.8. The molecular weight excluding hydrogens is 470 g/mol. The number of sulfonamides is 2. The van der Waals surface area contributed by atoms with E-state index >= 15 is 0 Å². The predicted molar refractivity (Wildman–Crippen MR) is 94.6 cm³/mol. The van der Waals surface area contributed by atoms with Crippen molar-refractivity contribution in [3.63, 3.8) is 0 Å². The van der Waals surface area contributed by atoms with Crippen LogP contribution in [0.4, 0.5) is 26.3 Å². The molecule has 179 valence electrons. The number of nitrogens with zero attached hydrogens (tertiary/aromatic N) is 2. The third-order valence-electron chi connectivity index (χ3n) is 3.18. The second kappa shape index (κ2) is 11.3. The van der Waals surface area contributed by atoms with Crippen LogP contribution in [0.1, 0.15) is 26.7 Å². The molecule has 0 aromatic carbocycles. The molecule has 0 aliphatic heterocycles. The zero-order chi connectivity index (χ0) is 24.6. The summed E-state index contributed by atoms with van der Waals surface area (Å²) in [6.07, 6.45) is 2.41. The summed E-state index contributed by atoms with van der Waals surface area (Å²) in [6, 6.07) is 0. The molecule has 16 heteroatoms. The molecule has 0 fully saturated rings. The average molecular weight is 494 g/mol. The summed E-state index contributed by atoms with van der Waals surface area (Å²) in [4.78, 5) is 11.1. The Balaban J connectivity index is 0. The maximum Gasteiger partial charge on any atom is 0.514 e. The number of esters is 1. The predicted octanol–water partition coefficient (Wildman–Crippen LogP) is 2.27. The van der Waals surface area contributed by atoms with E-state index in [0.29, 0.717) is 12.2 Å². The Kier molecular flexibility index (Phi) is 11.6. The van der Waals surface area contributed by atoms with Gasteiger partial charge in [0.15, 0.2) is 0 Å². The number of alkyl halides is 6. The van der Waals surface area contributed by atoms with Crippen LogP contribution in [0, 0.1) is 0 Å². The quantitative estimate of drug-likeness (QED) is 0.211. The SMILES string of the molecule is C=C(C)C(=O)OCC[N+](C)(C)CCCC.O=S(=O)([N]S(=O)(=O)C(F)(F)F)C(F)(F)F. The lowest BCUT2D eigenvalue weighted by Gasteiger charge is -2.29. The fourth-order valence-corrected chi connectivity index (χ4v) is 3.13. The third-order valence-corrected chi connectivity index (χ3v) is 5.92. The highest BCUT2D eigenvalue weighted by molar-refractivity contribution is 8.05. The van der Waals surface area contributed by atoms with Crippen molar-refractivity contribution in [1.29, 1.82) is 0 Å². The highest BCUT2D eigenvalue weighted by Crippen LogP contribution is 2.28. The molecule has 0 atom stereocenters. The van der Waals surface area contributed by atoms with Crippen molar-refractivity contribution in [3.8, 4) is 0 Å². The minimum atomic E-state index is -6.72. The molecule has 0 aliphatic carbocycles. The number of likely N-dealkylation sites (N-methyl/N-ethyl adjacent to an activating group) is 1. The lowest BCUT2D eigenvalue weighted by Crippen LogP contribution is -2.43. The second-order valence-electron chi connectivity index (χ2n) is 6.57. The van der Waals surface area contributed by atoms with E-state index in [2.05, 4.69) is 27.6 Å². The van der Waals surface area contributed by atoms with E-state index in [0.717, 1.165) is 21.7 Å². The van der Waals surface area contributed by atoms with Gasteiger partial charge in [-0.1, -0.05) is 19.9 Å². The van der Waals surface area contributed by atoms with Gasteiger partial charge in [-0.3, -0.25) is 0 Å². The Morgan fingerprint density at radius 1 is 0.967 bits per heavy atom. The Morgan fingerprint density at radius 2 is 1.37 bits per heavy atom. The summed E-state index contributed by atoms with van der Waals surface area (Å²) >= 11 is 0. The van der Waals surface area contributed by atoms with E-state index in [1.807, 2.05) is 0 Å². The number of halogens is 6. The van der Waals surface area contributed by atoms with Gasteiger partial charge in [0.25, 0.3) is 0 Å². The number of rotatable bonds is 9. The summed E-state index contributed by atoms with van der Waals surface area (Å²) in [5.41, 5.74) is -11.9. The summed E-state index contributed by atoms with van der Waals surface area (Å²) in [5, 5.41) is 0. The van der Waals surface area contributed by atoms with Gasteiger partial charge in [-0.25, -0.2) is 21.6 Å². The molecule has 0 aliphatic rings. The van der Waals surface area contributed by atoms with Crippen molar-refractivity contribution in [3.05, 3.63) is 12.2 Å². The van der Waals surface area contributed by atoms with Gasteiger partial charge in [0.2, 0.25) is 0 Å². The molecule has 0 N–H and O–H groups in total. The number of hydrogen-bond acceptors (Lipinski definition) is 6. The Bertz CT molecular complexity index is 747. The van der Waals surface area contributed by atoms with Crippen LogP contribution in [0.3, 0.4) is 0 Å². The van der Waals surface area contributed by atoms with Crippen LogP contribution >= 0.6 is 0 Å². The van der Waals surface area contributed by atoms with Crippen molar-refractivity contribution in [1.82, 2.24) is 4.13 Å². The highest BCUT2D eigenvalue weighted by Gasteiger charge is 2.57. The number of ether oxygens (including phenoxy) is 1. The number of quaternary nitrogens is 1. The molecule has 0 unspecified atom stereocenters. The minimum absolute atomic E-state index is 0.287. The van der Waals surface area contributed by atoms with Crippen LogP contribution in [0.15, 0.2) is 12.2 Å². The van der Waals surface area contributed by atoms with Crippen molar-refractivity contribution >= 4 is 26.0 Å². The van der Waals surface area contributed by atoms with E-state index in [4.69, 9.17) is 4.74 Å². The van der Waals surface area contributed by atoms with Crippen LogP contribution in [0.25, 0.3) is 0 Å². The summed E-state index contributed by atoms with van der Waals surface area (Å²) < 4.78 is 115. The van der Waals surface area contributed by atoms with Crippen LogP contribution in [0.2, 0.25) is 0 Å². The van der Waals surface area contributed by atoms with Crippen LogP contribution in [0.5, 0.6) is 0 Å². The van der Waals surface area contributed by atoms with Gasteiger partial charge in [-0.2, -0.15) is 26.3 Å². The first-order chi connectivity index (χ1) is 13.1. The molecule has 0 aromatic rings. The van der Waals surface area contributed by atoms with Crippen molar-refractivity contribution in [2.24, 2.45) is 0 Å². The molecule has 30 heavy (non-hydrogen) atoms. The van der Waals surface area contributed by atoms with E-state index < -0.39 is 31.1 Å². The van der Waals surface area contributed by atoms with Gasteiger partial charge in [0, 0.05) is 9.70 Å². The number of carbonyl (C=O) groups excluding carboxylic acids is 1. The van der Waals surface area contributed by atoms with Gasteiger partial charge >= 0.3 is 37.0 Å². The van der Waals surface area contributed by atoms with Gasteiger partial charge < -0.3 is 9.22 Å². The minimum Gasteiger partial charge on any atom is -0.456 e. The Labute approximate surface area is 171 Å². The normalized spacial score (nSPS) is 13.3. The maximum atomic E-state index is 11.4. The summed E-state index contributed by atoms with van der Waals surface area (Å²) in [5.74, 6) is -0.287. The van der Waals surface area contributed by atoms with Crippen LogP contribution in [-0.4, -0.2) is 72.1 Å². The Hall–Kier alpha value is -1.39. The Morgan fingerprint density at radius 3 is 1.67 bits per heavy atom. The summed E-state index contributed by atoms with van der Waals surface area (Å²) in [7, 11) is -9.13. The first-order valence-electron chi connectivity index (χ1n) is 8.11. The van der Waals surface area contributed by atoms with E-state index in [9.17, 15) is 48.0 Å². The van der Waals surface area contributed by atoms with Gasteiger partial charge in [0.05, 0.1) is 20.6 Å². The van der Waals surface area contributed by atoms with Crippen LogP contribution < -0.4 is 4.13 Å². The lowest BCUT2D eigenvalue weighted by atomic mass is 10.3. The number of hydrogen-bond donors (Lipinski definition) is 0. The topological polar surface area (TPSA) is 109 Å². The summed E-state index contributed by atoms with van der Waals surface area (Å²) in [6.45, 7) is 9.85. The number of unbranched alkanes of at least 4 members (excludes halogenated alkanes) is 1. The second-order valence-corrected chi connectivity index (χ2v) is 9.99. The molecule has 0 bridgehead atoms. The molecule has 0 heterocycles. The largest absolute Gasteiger partial charge is 0.514 e. The third kappa shape index (κ3) is 11.7. The fourth-order valence-electron chi connectivity index (χ4n) is 1.42. The van der Waals surface area contributed by atoms with E-state index in [1.165, 1.54) is 12.8 Å². The zero-order valence-corrected chi connectivity index (χ0v) is 18.3. The molecule has 0 saturated heterocycles. The maximum absolute atomic E-state index is 11.4. The van der Waals surface area contributed by atoms with Crippen molar-refractivity contribution < 1.29 is 57.2 Å². The van der Waals surface area contributed by atoms with Crippen LogP contribution in [-0.2, 0) is 29.6 Å². The molecule has 1 radical (unpaired) electrons. The van der Waals surface area contributed by atoms with E-state index in [-0.39, 0.29) is 5.97 Å². The standard InChI is InChI=1S/C12H24NO2.C2F6NO4S2/c1-6-7-8-13(4,5)9-10-15-12(14)11(2)3;3-1(4,5)14(10,11)9-15(12,13)2(6,7)8/h2,6-10H2,1,3-5H3;/q+1;. The van der Waals surface area contributed by atoms with Gasteiger partial charge in [-0.15, -0.1) is 0 Å². The van der Waals surface area contributed by atoms with Gasteiger partial charge in [0.1, 0.15) is 13.2 Å². The van der Waals surface area contributed by atoms with E-state index in [1.54, 1.807) is 6.92 Å². The van der Waals surface area contributed by atoms with Crippen molar-refractivity contribution in [2.45, 2.75) is 37.7 Å². The first-order valence-corrected chi connectivity index (χ1v) is 11.0. The number of carbonyl (C=O) groups is 1. The molecule has 0 saturated carbocycles. The molecule has 0 spiro atoms. The fraction of sp³-hybridized carbons (Fsp3) is 0.786. The molecular formula is C14H24F6N2O6S2+. The molecule has 0 rings (SSSR count). The average Bonchev–Trinajstić information content (AvgIpc) is 2.50. The molecule has 8 nitrogen and oxygen atoms in total. The van der Waals surface area contributed by atoms with Crippen molar-refractivity contribution in [2.75, 3.05) is 33.8 Å². The lowest BCUT2D eigenvalue weighted by molar-refractivity contribution is -0.890. The smallest absolute Gasteiger partial charge is 0.456 e. The monoisotopic (exact) mass is 494 g/mol.